The lowest BCUT2D eigenvalue weighted by atomic mass is 9.88. The highest BCUT2D eigenvalue weighted by Gasteiger charge is 2.33. The number of amides is 2. The van der Waals surface area contributed by atoms with Crippen LogP contribution in [0.1, 0.15) is 66.0 Å². The van der Waals surface area contributed by atoms with Crippen LogP contribution >= 0.6 is 0 Å². The summed E-state index contributed by atoms with van der Waals surface area (Å²) in [6.45, 7) is 8.95. The fraction of sp³-hybridized carbons (Fsp3) is 0.516. The van der Waals surface area contributed by atoms with Crippen LogP contribution in [0.3, 0.4) is 0 Å². The third-order valence-corrected chi connectivity index (χ3v) is 8.77. The average Bonchev–Trinajstić information content (AvgIpc) is 3.27. The molecule has 1 aromatic carbocycles. The van der Waals surface area contributed by atoms with Crippen LogP contribution in [0.4, 0.5) is 0 Å². The molecule has 4 heterocycles. The Morgan fingerprint density at radius 3 is 2.52 bits per heavy atom. The van der Waals surface area contributed by atoms with Gasteiger partial charge in [-0.25, -0.2) is 0 Å². The Balaban J connectivity index is 1.34. The van der Waals surface area contributed by atoms with E-state index in [4.69, 9.17) is 9.47 Å². The number of aromatic nitrogens is 2. The Labute approximate surface area is 234 Å². The van der Waals surface area contributed by atoms with Crippen LogP contribution in [0.5, 0.6) is 5.75 Å². The first kappa shape index (κ1) is 28.0. The number of nitrogens with one attached hydrogen (secondary N) is 2. The highest BCUT2D eigenvalue weighted by atomic mass is 16.5. The maximum atomic E-state index is 13.6. The van der Waals surface area contributed by atoms with Gasteiger partial charge in [0, 0.05) is 60.6 Å². The Bertz CT molecular complexity index is 1440. The molecule has 2 fully saturated rings. The molecule has 0 bridgehead atoms. The van der Waals surface area contributed by atoms with Gasteiger partial charge in [0.2, 0.25) is 5.91 Å². The van der Waals surface area contributed by atoms with Gasteiger partial charge in [-0.15, -0.1) is 0 Å². The van der Waals surface area contributed by atoms with Gasteiger partial charge in [0.1, 0.15) is 5.75 Å². The summed E-state index contributed by atoms with van der Waals surface area (Å²) in [6, 6.07) is 9.90. The first-order valence-corrected chi connectivity index (χ1v) is 14.3. The van der Waals surface area contributed by atoms with Gasteiger partial charge in [0.25, 0.3) is 11.5 Å². The molecule has 0 saturated carbocycles. The molecule has 2 aliphatic rings. The molecule has 0 radical (unpaired) electrons. The lowest BCUT2D eigenvalue weighted by molar-refractivity contribution is -0.140. The molecule has 40 heavy (non-hydrogen) atoms. The number of carbonyl (C=O) groups excluding carboxylic acids is 2. The van der Waals surface area contributed by atoms with Crippen molar-refractivity contribution in [1.82, 2.24) is 19.8 Å². The minimum Gasteiger partial charge on any atom is -0.496 e. The summed E-state index contributed by atoms with van der Waals surface area (Å²) in [5.74, 6) is 0.990. The fourth-order valence-electron chi connectivity index (χ4n) is 6.51. The van der Waals surface area contributed by atoms with Gasteiger partial charge in [0.15, 0.2) is 0 Å². The molecule has 214 valence electrons. The van der Waals surface area contributed by atoms with E-state index in [1.54, 1.807) is 13.0 Å². The zero-order valence-corrected chi connectivity index (χ0v) is 23.9. The van der Waals surface area contributed by atoms with Crippen LogP contribution in [-0.4, -0.2) is 59.7 Å². The number of H-pyrrole nitrogens is 1. The molecule has 9 heteroatoms. The number of pyridine rings is 1. The van der Waals surface area contributed by atoms with E-state index in [0.29, 0.717) is 41.7 Å². The molecule has 2 amide bonds. The maximum absolute atomic E-state index is 13.6. The van der Waals surface area contributed by atoms with E-state index in [1.165, 1.54) is 7.11 Å². The van der Waals surface area contributed by atoms with Gasteiger partial charge in [0.05, 0.1) is 24.8 Å². The number of aryl methyl sites for hydroxylation is 1. The van der Waals surface area contributed by atoms with Crippen LogP contribution in [0, 0.1) is 25.7 Å². The number of hydrogen-bond acceptors (Lipinski definition) is 5. The summed E-state index contributed by atoms with van der Waals surface area (Å²) < 4.78 is 13.1. The zero-order valence-electron chi connectivity index (χ0n) is 23.9. The summed E-state index contributed by atoms with van der Waals surface area (Å²) in [6.07, 6.45) is 3.50. The van der Waals surface area contributed by atoms with Gasteiger partial charge in [-0.2, -0.15) is 0 Å². The van der Waals surface area contributed by atoms with Crippen molar-refractivity contribution in [3.05, 3.63) is 63.2 Å². The summed E-state index contributed by atoms with van der Waals surface area (Å²) in [5, 5.41) is 3.85. The number of piperidine rings is 1. The van der Waals surface area contributed by atoms with Crippen molar-refractivity contribution < 1.29 is 19.1 Å². The lowest BCUT2D eigenvalue weighted by Gasteiger charge is -2.38. The second-order valence-electron chi connectivity index (χ2n) is 11.1. The van der Waals surface area contributed by atoms with E-state index in [-0.39, 0.29) is 35.9 Å². The monoisotopic (exact) mass is 548 g/mol. The first-order chi connectivity index (χ1) is 19.3. The van der Waals surface area contributed by atoms with Crippen LogP contribution in [0.15, 0.2) is 35.1 Å². The Kier molecular flexibility index (Phi) is 8.30. The predicted octanol–water partition coefficient (Wildman–Crippen LogP) is 4.11. The Morgan fingerprint density at radius 1 is 1.12 bits per heavy atom. The maximum Gasteiger partial charge on any atom is 0.256 e. The standard InChI is InChI=1S/C31H40N4O5/c1-19-17-27(39-4)25(29(36)33-19)18-32-30(37)28-21(3)35(26-8-6-5-7-24(26)28)20(2)22-9-13-34(14-10-22)31(38)23-11-15-40-16-12-23/h5-8,17,20,22-23H,9-16,18H2,1-4H3,(H,32,37)(H,33,36)/t20-/m1/s1. The van der Waals surface area contributed by atoms with E-state index < -0.39 is 0 Å². The van der Waals surface area contributed by atoms with Gasteiger partial charge in [-0.3, -0.25) is 14.4 Å². The highest BCUT2D eigenvalue weighted by molar-refractivity contribution is 6.08. The number of ether oxygens (including phenoxy) is 2. The van der Waals surface area contributed by atoms with Crippen molar-refractivity contribution in [2.24, 2.45) is 11.8 Å². The molecule has 2 N–H and O–H groups in total. The van der Waals surface area contributed by atoms with Gasteiger partial charge >= 0.3 is 0 Å². The Morgan fingerprint density at radius 2 is 1.82 bits per heavy atom. The summed E-state index contributed by atoms with van der Waals surface area (Å²) in [4.78, 5) is 44.0. The number of carbonyl (C=O) groups is 2. The number of benzene rings is 1. The second kappa shape index (κ2) is 11.9. The predicted molar refractivity (Wildman–Crippen MR) is 154 cm³/mol. The quantitative estimate of drug-likeness (QED) is 0.462. The summed E-state index contributed by atoms with van der Waals surface area (Å²) >= 11 is 0. The molecule has 1 atom stereocenters. The van der Waals surface area contributed by atoms with Crippen LogP contribution in [-0.2, 0) is 16.1 Å². The molecular formula is C31H40N4O5. The molecule has 5 rings (SSSR count). The SMILES string of the molecule is COc1cc(C)[nH]c(=O)c1CNC(=O)c1c(C)n([C@H](C)C2CCN(C(=O)C3CCOCC3)CC2)c2ccccc12. The van der Waals surface area contributed by atoms with E-state index in [0.717, 1.165) is 55.4 Å². The molecule has 9 nitrogen and oxygen atoms in total. The van der Waals surface area contributed by atoms with Gasteiger partial charge in [-0.1, -0.05) is 18.2 Å². The number of aromatic amines is 1. The normalized spacial score (nSPS) is 17.6. The minimum atomic E-state index is -0.272. The molecule has 2 aliphatic heterocycles. The number of methoxy groups -OCH3 is 1. The van der Waals surface area contributed by atoms with Crippen molar-refractivity contribution >= 4 is 22.7 Å². The van der Waals surface area contributed by atoms with Gasteiger partial charge < -0.3 is 29.2 Å². The largest absolute Gasteiger partial charge is 0.496 e. The van der Waals surface area contributed by atoms with Crippen LogP contribution < -0.4 is 15.6 Å². The minimum absolute atomic E-state index is 0.0612. The molecule has 0 aliphatic carbocycles. The second-order valence-corrected chi connectivity index (χ2v) is 11.1. The van der Waals surface area contributed by atoms with Crippen molar-refractivity contribution in [2.75, 3.05) is 33.4 Å². The Hall–Kier alpha value is -3.59. The van der Waals surface area contributed by atoms with Crippen molar-refractivity contribution in [1.29, 1.82) is 0 Å². The number of likely N-dealkylation sites (tertiary alicyclic amines) is 1. The average molecular weight is 549 g/mol. The zero-order chi connectivity index (χ0) is 28.4. The number of hydrogen-bond donors (Lipinski definition) is 2. The number of para-hydroxylation sites is 1. The van der Waals surface area contributed by atoms with E-state index in [1.807, 2.05) is 30.0 Å². The summed E-state index contributed by atoms with van der Waals surface area (Å²) in [5.41, 5.74) is 3.35. The van der Waals surface area contributed by atoms with Crippen molar-refractivity contribution in [2.45, 2.75) is 59.0 Å². The molecule has 2 saturated heterocycles. The van der Waals surface area contributed by atoms with Crippen LogP contribution in [0.2, 0.25) is 0 Å². The fourth-order valence-corrected chi connectivity index (χ4v) is 6.51. The third-order valence-electron chi connectivity index (χ3n) is 8.77. The number of fused-ring (bicyclic) bond motifs is 1. The van der Waals surface area contributed by atoms with E-state index in [2.05, 4.69) is 27.9 Å². The number of nitrogens with zero attached hydrogens (tertiary/aromatic N) is 2. The first-order valence-electron chi connectivity index (χ1n) is 14.3. The molecule has 2 aromatic heterocycles. The third kappa shape index (κ3) is 5.39. The van der Waals surface area contributed by atoms with Gasteiger partial charge in [-0.05, 0) is 64.5 Å². The van der Waals surface area contributed by atoms with Crippen LogP contribution in [0.25, 0.3) is 10.9 Å². The smallest absolute Gasteiger partial charge is 0.256 e. The lowest BCUT2D eigenvalue weighted by Crippen LogP contribution is -2.44. The molecule has 0 unspecified atom stereocenters. The number of rotatable bonds is 7. The van der Waals surface area contributed by atoms with E-state index >= 15 is 0 Å². The molecule has 3 aromatic rings. The highest BCUT2D eigenvalue weighted by Crippen LogP contribution is 2.36. The van der Waals surface area contributed by atoms with Crippen molar-refractivity contribution in [3.8, 4) is 5.75 Å². The van der Waals surface area contributed by atoms with Crippen molar-refractivity contribution in [3.63, 3.8) is 0 Å². The summed E-state index contributed by atoms with van der Waals surface area (Å²) in [7, 11) is 1.52. The molecule has 0 spiro atoms. The molecular weight excluding hydrogens is 508 g/mol. The van der Waals surface area contributed by atoms with E-state index in [9.17, 15) is 14.4 Å². The topological polar surface area (TPSA) is 106 Å².